The van der Waals surface area contributed by atoms with Gasteiger partial charge in [0.15, 0.2) is 0 Å². The van der Waals surface area contributed by atoms with Crippen molar-refractivity contribution in [2.24, 2.45) is 0 Å². The van der Waals surface area contributed by atoms with E-state index in [1.54, 1.807) is 0 Å². The van der Waals surface area contributed by atoms with Gasteiger partial charge in [-0.25, -0.2) is 0 Å². The molecular weight excluding hydrogens is 174 g/mol. The van der Waals surface area contributed by atoms with Gasteiger partial charge in [0.25, 0.3) is 0 Å². The molecule has 1 aliphatic rings. The van der Waals surface area contributed by atoms with Crippen molar-refractivity contribution in [1.29, 1.82) is 0 Å². The smallest absolute Gasteiger partial charge is 0.0605 e. The van der Waals surface area contributed by atoms with E-state index in [1.807, 2.05) is 13.2 Å². The second kappa shape index (κ2) is 2.83. The van der Waals surface area contributed by atoms with Crippen LogP contribution in [-0.2, 0) is 11.1 Å². The third-order valence-corrected chi connectivity index (χ3v) is 3.00. The second-order valence-corrected chi connectivity index (χ2v) is 5.13. The van der Waals surface area contributed by atoms with Gasteiger partial charge in [0.1, 0.15) is 0 Å². The fraction of sp³-hybridized carbons (Fsp3) is 0.727. The summed E-state index contributed by atoms with van der Waals surface area (Å²) in [6, 6.07) is 2.13. The summed E-state index contributed by atoms with van der Waals surface area (Å²) in [5.74, 6) is 0. The summed E-state index contributed by atoms with van der Waals surface area (Å²) in [5.41, 5.74) is 1.61. The van der Waals surface area contributed by atoms with Gasteiger partial charge in [-0.15, -0.1) is 0 Å². The normalized spacial score (nSPS) is 19.7. The number of nitrogens with one attached hydrogen (secondary N) is 1. The molecule has 3 nitrogen and oxygen atoms in total. The van der Waals surface area contributed by atoms with Crippen LogP contribution in [0.4, 0.5) is 0 Å². The largest absolute Gasteiger partial charge is 0.309 e. The molecule has 0 atom stereocenters. The van der Waals surface area contributed by atoms with Crippen LogP contribution in [0.25, 0.3) is 0 Å². The first-order chi connectivity index (χ1) is 6.49. The Morgan fingerprint density at radius 3 is 2.50 bits per heavy atom. The van der Waals surface area contributed by atoms with Gasteiger partial charge >= 0.3 is 0 Å². The summed E-state index contributed by atoms with van der Waals surface area (Å²) < 4.78 is 2.14. The highest BCUT2D eigenvalue weighted by atomic mass is 15.3. The molecule has 1 aromatic heterocycles. The zero-order valence-corrected chi connectivity index (χ0v) is 9.46. The minimum Gasteiger partial charge on any atom is -0.309 e. The first-order valence-corrected chi connectivity index (χ1v) is 5.23. The molecule has 1 aromatic rings. The number of hydrogen-bond acceptors (Lipinski definition) is 2. The molecule has 3 heteroatoms. The Morgan fingerprint density at radius 1 is 1.43 bits per heavy atom. The molecule has 0 saturated heterocycles. The molecular formula is C11H19N3. The zero-order chi connectivity index (χ0) is 10.4. The summed E-state index contributed by atoms with van der Waals surface area (Å²) in [6.45, 7) is 6.57. The van der Waals surface area contributed by atoms with E-state index >= 15 is 0 Å². The molecule has 2 rings (SSSR count). The maximum absolute atomic E-state index is 4.42. The summed E-state index contributed by atoms with van der Waals surface area (Å²) in [4.78, 5) is 0. The lowest BCUT2D eigenvalue weighted by Crippen LogP contribution is -2.33. The van der Waals surface area contributed by atoms with Gasteiger partial charge in [-0.2, -0.15) is 5.10 Å². The monoisotopic (exact) mass is 193 g/mol. The predicted molar refractivity (Wildman–Crippen MR) is 57.2 cm³/mol. The highest BCUT2D eigenvalue weighted by molar-refractivity contribution is 5.23. The Morgan fingerprint density at radius 2 is 2.07 bits per heavy atom. The Labute approximate surface area is 85.5 Å². The van der Waals surface area contributed by atoms with Crippen LogP contribution in [-0.4, -0.2) is 16.8 Å². The first kappa shape index (κ1) is 9.71. The lowest BCUT2D eigenvalue weighted by Gasteiger charge is -2.26. The number of hydrogen-bond donors (Lipinski definition) is 1. The molecule has 1 N–H and O–H groups in total. The van der Waals surface area contributed by atoms with Crippen LogP contribution in [0.3, 0.4) is 0 Å². The van der Waals surface area contributed by atoms with Gasteiger partial charge in [-0.1, -0.05) is 0 Å². The molecule has 78 valence electrons. The number of aromatic nitrogens is 2. The average molecular weight is 193 g/mol. The number of nitrogens with zero attached hydrogens (tertiary/aromatic N) is 2. The zero-order valence-electron chi connectivity index (χ0n) is 9.46. The fourth-order valence-corrected chi connectivity index (χ4v) is 1.96. The van der Waals surface area contributed by atoms with Crippen molar-refractivity contribution < 1.29 is 0 Å². The van der Waals surface area contributed by atoms with E-state index in [0.717, 1.165) is 0 Å². The average Bonchev–Trinajstić information content (AvgIpc) is 2.72. The van der Waals surface area contributed by atoms with Gasteiger partial charge in [0, 0.05) is 6.20 Å². The molecule has 1 saturated carbocycles. The van der Waals surface area contributed by atoms with Crippen molar-refractivity contribution in [2.45, 2.75) is 44.7 Å². The van der Waals surface area contributed by atoms with Crippen LogP contribution in [0, 0.1) is 0 Å². The Hall–Kier alpha value is -0.830. The van der Waals surface area contributed by atoms with Gasteiger partial charge in [-0.3, -0.25) is 4.68 Å². The molecule has 1 fully saturated rings. The molecule has 0 spiro atoms. The summed E-state index contributed by atoms with van der Waals surface area (Å²) in [7, 11) is 2.03. The minimum absolute atomic E-state index is 0.0747. The highest BCUT2D eigenvalue weighted by Crippen LogP contribution is 2.45. The van der Waals surface area contributed by atoms with Gasteiger partial charge in [0.05, 0.1) is 16.8 Å². The Kier molecular flexibility index (Phi) is 1.96. The topological polar surface area (TPSA) is 29.9 Å². The van der Waals surface area contributed by atoms with E-state index < -0.39 is 0 Å². The summed E-state index contributed by atoms with van der Waals surface area (Å²) in [6.07, 6.45) is 4.36. The lowest BCUT2D eigenvalue weighted by molar-refractivity contribution is 0.325. The maximum Gasteiger partial charge on any atom is 0.0605 e. The second-order valence-electron chi connectivity index (χ2n) is 5.13. The first-order valence-electron chi connectivity index (χ1n) is 5.23. The Balaban J connectivity index is 2.40. The molecule has 1 aliphatic carbocycles. The standard InChI is InChI=1S/C11H19N3/c1-10(2,3)14-9(5-8-13-14)11(12-4)6-7-11/h5,8,12H,6-7H2,1-4H3. The van der Waals surface area contributed by atoms with Crippen molar-refractivity contribution in [3.63, 3.8) is 0 Å². The molecule has 0 bridgehead atoms. The van der Waals surface area contributed by atoms with Crippen molar-refractivity contribution in [3.8, 4) is 0 Å². The molecule has 0 unspecified atom stereocenters. The highest BCUT2D eigenvalue weighted by Gasteiger charge is 2.46. The lowest BCUT2D eigenvalue weighted by atomic mass is 10.1. The summed E-state index contributed by atoms with van der Waals surface area (Å²) >= 11 is 0. The molecule has 1 heterocycles. The molecule has 14 heavy (non-hydrogen) atoms. The third kappa shape index (κ3) is 1.36. The van der Waals surface area contributed by atoms with E-state index in [2.05, 4.69) is 41.9 Å². The fourth-order valence-electron chi connectivity index (χ4n) is 1.96. The van der Waals surface area contributed by atoms with Gasteiger partial charge in [-0.05, 0) is 46.7 Å². The maximum atomic E-state index is 4.42. The van der Waals surface area contributed by atoms with Gasteiger partial charge in [0.2, 0.25) is 0 Å². The van der Waals surface area contributed by atoms with Crippen LogP contribution < -0.4 is 5.32 Å². The molecule has 0 aliphatic heterocycles. The Bertz CT molecular complexity index is 329. The van der Waals surface area contributed by atoms with E-state index in [-0.39, 0.29) is 11.1 Å². The van der Waals surface area contributed by atoms with Crippen LogP contribution in [0.5, 0.6) is 0 Å². The van der Waals surface area contributed by atoms with Crippen molar-refractivity contribution in [1.82, 2.24) is 15.1 Å². The molecule has 0 radical (unpaired) electrons. The number of rotatable bonds is 2. The van der Waals surface area contributed by atoms with Crippen molar-refractivity contribution in [2.75, 3.05) is 7.05 Å². The molecule has 0 aromatic carbocycles. The van der Waals surface area contributed by atoms with Crippen molar-refractivity contribution in [3.05, 3.63) is 18.0 Å². The minimum atomic E-state index is 0.0747. The van der Waals surface area contributed by atoms with Crippen LogP contribution in [0.15, 0.2) is 12.3 Å². The van der Waals surface area contributed by atoms with E-state index in [1.165, 1.54) is 18.5 Å². The van der Waals surface area contributed by atoms with Crippen molar-refractivity contribution >= 4 is 0 Å². The van der Waals surface area contributed by atoms with Crippen LogP contribution in [0.2, 0.25) is 0 Å². The van der Waals surface area contributed by atoms with Crippen LogP contribution >= 0.6 is 0 Å². The predicted octanol–water partition coefficient (Wildman–Crippen LogP) is 1.85. The quantitative estimate of drug-likeness (QED) is 0.776. The molecule has 0 amide bonds. The summed E-state index contributed by atoms with van der Waals surface area (Å²) in [5, 5.41) is 7.82. The van der Waals surface area contributed by atoms with Crippen LogP contribution in [0.1, 0.15) is 39.3 Å². The van der Waals surface area contributed by atoms with Gasteiger partial charge < -0.3 is 5.32 Å². The van der Waals surface area contributed by atoms with E-state index in [9.17, 15) is 0 Å². The van der Waals surface area contributed by atoms with E-state index in [4.69, 9.17) is 0 Å². The SMILES string of the molecule is CNC1(c2ccnn2C(C)(C)C)CC1. The third-order valence-electron chi connectivity index (χ3n) is 3.00. The van der Waals surface area contributed by atoms with E-state index in [0.29, 0.717) is 0 Å².